The third-order valence-corrected chi connectivity index (χ3v) is 2.96. The Balaban J connectivity index is 1.93. The van der Waals surface area contributed by atoms with Gasteiger partial charge in [-0.05, 0) is 13.8 Å². The van der Waals surface area contributed by atoms with Crippen LogP contribution in [-0.4, -0.2) is 53.6 Å². The van der Waals surface area contributed by atoms with Crippen LogP contribution in [0.3, 0.4) is 0 Å². The molecule has 0 unspecified atom stereocenters. The zero-order valence-corrected chi connectivity index (χ0v) is 10.2. The Morgan fingerprint density at radius 1 is 1.41 bits per heavy atom. The van der Waals surface area contributed by atoms with Gasteiger partial charge in [-0.15, -0.1) is 0 Å². The molecule has 0 bridgehead atoms. The quantitative estimate of drug-likeness (QED) is 0.694. The summed E-state index contributed by atoms with van der Waals surface area (Å²) in [5.74, 6) is -0.577. The summed E-state index contributed by atoms with van der Waals surface area (Å²) in [5, 5.41) is 18.2. The van der Waals surface area contributed by atoms with Crippen LogP contribution in [0.25, 0.3) is 0 Å². The monoisotopic (exact) mass is 244 g/mol. The zero-order valence-electron chi connectivity index (χ0n) is 10.2. The number of rotatable bonds is 3. The first-order chi connectivity index (χ1) is 8.00. The third kappa shape index (κ3) is 3.26. The Hall–Kier alpha value is -0.460. The molecular formula is C12H20O5. The third-order valence-electron chi connectivity index (χ3n) is 2.96. The molecule has 17 heavy (non-hydrogen) atoms. The fourth-order valence-corrected chi connectivity index (χ4v) is 2.08. The van der Waals surface area contributed by atoms with E-state index in [1.54, 1.807) is 0 Å². The highest BCUT2D eigenvalue weighted by Gasteiger charge is 2.38. The minimum absolute atomic E-state index is 0.0960. The maximum absolute atomic E-state index is 9.36. The first-order valence-electron chi connectivity index (χ1n) is 5.94. The summed E-state index contributed by atoms with van der Waals surface area (Å²) in [6.45, 7) is 3.98. The number of hydrogen-bond acceptors (Lipinski definition) is 5. The molecule has 1 saturated heterocycles. The standard InChI is InChI=1S/C12H20O5/c1-12(2)15-7-11-10(17-12)4-3-9(16-11)5-8(14)6-13/h3-4,8-11,13-14H,5-7H2,1-2H3/t8-,9+,10+,11-/m1/s1. The second kappa shape index (κ2) is 5.04. The first-order valence-corrected chi connectivity index (χ1v) is 5.94. The van der Waals surface area contributed by atoms with Gasteiger partial charge in [-0.25, -0.2) is 0 Å². The summed E-state index contributed by atoms with van der Waals surface area (Å²) in [7, 11) is 0. The Kier molecular flexibility index (Phi) is 3.85. The molecule has 0 aromatic heterocycles. The van der Waals surface area contributed by atoms with Crippen LogP contribution in [0.2, 0.25) is 0 Å². The number of aliphatic hydroxyl groups excluding tert-OH is 2. The summed E-state index contributed by atoms with van der Waals surface area (Å²) in [6, 6.07) is 0. The molecule has 0 saturated carbocycles. The number of aliphatic hydroxyl groups is 2. The van der Waals surface area contributed by atoms with Crippen LogP contribution in [0.1, 0.15) is 20.3 Å². The normalized spacial score (nSPS) is 37.5. The molecule has 98 valence electrons. The van der Waals surface area contributed by atoms with Gasteiger partial charge in [0.2, 0.25) is 0 Å². The SMILES string of the molecule is CC1(C)OC[C@H]2O[C@H](C[C@@H](O)CO)C=C[C@@H]2O1. The van der Waals surface area contributed by atoms with Crippen molar-refractivity contribution in [3.05, 3.63) is 12.2 Å². The van der Waals surface area contributed by atoms with Gasteiger partial charge in [-0.3, -0.25) is 0 Å². The van der Waals surface area contributed by atoms with Crippen LogP contribution in [0.5, 0.6) is 0 Å². The molecule has 0 radical (unpaired) electrons. The van der Waals surface area contributed by atoms with Crippen LogP contribution in [0, 0.1) is 0 Å². The molecule has 0 aromatic carbocycles. The van der Waals surface area contributed by atoms with Gasteiger partial charge in [-0.2, -0.15) is 0 Å². The van der Waals surface area contributed by atoms with E-state index < -0.39 is 11.9 Å². The van der Waals surface area contributed by atoms with Crippen molar-refractivity contribution in [2.45, 2.75) is 50.5 Å². The first kappa shape index (κ1) is 13.0. The van der Waals surface area contributed by atoms with E-state index in [-0.39, 0.29) is 24.9 Å². The second-order valence-corrected chi connectivity index (χ2v) is 4.96. The molecule has 1 fully saturated rings. The molecule has 0 aliphatic carbocycles. The molecule has 2 aliphatic rings. The van der Waals surface area contributed by atoms with E-state index in [0.29, 0.717) is 13.0 Å². The maximum atomic E-state index is 9.36. The molecular weight excluding hydrogens is 224 g/mol. The lowest BCUT2D eigenvalue weighted by molar-refractivity contribution is -0.306. The highest BCUT2D eigenvalue weighted by Crippen LogP contribution is 2.29. The van der Waals surface area contributed by atoms with Crippen molar-refractivity contribution in [2.24, 2.45) is 0 Å². The Morgan fingerprint density at radius 3 is 2.88 bits per heavy atom. The minimum atomic E-state index is -0.747. The van der Waals surface area contributed by atoms with Crippen molar-refractivity contribution >= 4 is 0 Å². The summed E-state index contributed by atoms with van der Waals surface area (Å²) < 4.78 is 17.0. The fraction of sp³-hybridized carbons (Fsp3) is 0.833. The Morgan fingerprint density at radius 2 is 2.18 bits per heavy atom. The van der Waals surface area contributed by atoms with Crippen LogP contribution in [-0.2, 0) is 14.2 Å². The van der Waals surface area contributed by atoms with E-state index in [4.69, 9.17) is 19.3 Å². The van der Waals surface area contributed by atoms with Crippen molar-refractivity contribution in [3.63, 3.8) is 0 Å². The molecule has 0 spiro atoms. The molecule has 5 nitrogen and oxygen atoms in total. The molecule has 2 heterocycles. The predicted octanol–water partition coefficient (Wildman–Crippen LogP) is 0.205. The average molecular weight is 244 g/mol. The summed E-state index contributed by atoms with van der Waals surface area (Å²) in [4.78, 5) is 0. The predicted molar refractivity (Wildman–Crippen MR) is 60.4 cm³/mol. The van der Waals surface area contributed by atoms with Crippen LogP contribution < -0.4 is 0 Å². The molecule has 4 atom stereocenters. The Labute approximate surface area is 101 Å². The smallest absolute Gasteiger partial charge is 0.163 e. The lowest BCUT2D eigenvalue weighted by atomic mass is 10.0. The molecule has 0 aromatic rings. The number of hydrogen-bond donors (Lipinski definition) is 2. The lowest BCUT2D eigenvalue weighted by Crippen LogP contribution is -2.51. The Bertz CT molecular complexity index is 289. The minimum Gasteiger partial charge on any atom is -0.394 e. The van der Waals surface area contributed by atoms with E-state index in [1.807, 2.05) is 26.0 Å². The zero-order chi connectivity index (χ0) is 12.5. The van der Waals surface area contributed by atoms with Gasteiger partial charge < -0.3 is 24.4 Å². The largest absolute Gasteiger partial charge is 0.394 e. The number of fused-ring (bicyclic) bond motifs is 1. The van der Waals surface area contributed by atoms with Gasteiger partial charge >= 0.3 is 0 Å². The van der Waals surface area contributed by atoms with Gasteiger partial charge in [0.25, 0.3) is 0 Å². The lowest BCUT2D eigenvalue weighted by Gasteiger charge is -2.42. The van der Waals surface area contributed by atoms with Crippen molar-refractivity contribution < 1.29 is 24.4 Å². The van der Waals surface area contributed by atoms with Gasteiger partial charge in [0.05, 0.1) is 25.4 Å². The molecule has 2 rings (SSSR count). The topological polar surface area (TPSA) is 68.2 Å². The molecule has 2 N–H and O–H groups in total. The molecule has 2 aliphatic heterocycles. The summed E-state index contributed by atoms with van der Waals surface area (Å²) in [6.07, 6.45) is 3.05. The van der Waals surface area contributed by atoms with E-state index in [2.05, 4.69) is 0 Å². The van der Waals surface area contributed by atoms with E-state index in [9.17, 15) is 5.11 Å². The van der Waals surface area contributed by atoms with Crippen LogP contribution >= 0.6 is 0 Å². The highest BCUT2D eigenvalue weighted by molar-refractivity contribution is 5.05. The maximum Gasteiger partial charge on any atom is 0.163 e. The molecule has 5 heteroatoms. The van der Waals surface area contributed by atoms with E-state index >= 15 is 0 Å². The molecule has 0 amide bonds. The summed E-state index contributed by atoms with van der Waals surface area (Å²) in [5.41, 5.74) is 0. The van der Waals surface area contributed by atoms with Crippen LogP contribution in [0.4, 0.5) is 0 Å². The van der Waals surface area contributed by atoms with Gasteiger partial charge in [0, 0.05) is 6.42 Å². The number of ether oxygens (including phenoxy) is 3. The van der Waals surface area contributed by atoms with Crippen LogP contribution in [0.15, 0.2) is 12.2 Å². The van der Waals surface area contributed by atoms with Crippen molar-refractivity contribution in [1.82, 2.24) is 0 Å². The van der Waals surface area contributed by atoms with Crippen molar-refractivity contribution in [1.29, 1.82) is 0 Å². The van der Waals surface area contributed by atoms with E-state index in [1.165, 1.54) is 0 Å². The summed E-state index contributed by atoms with van der Waals surface area (Å²) >= 11 is 0. The van der Waals surface area contributed by atoms with Crippen molar-refractivity contribution in [2.75, 3.05) is 13.2 Å². The van der Waals surface area contributed by atoms with Gasteiger partial charge in [-0.1, -0.05) is 12.2 Å². The fourth-order valence-electron chi connectivity index (χ4n) is 2.08. The van der Waals surface area contributed by atoms with E-state index in [0.717, 1.165) is 0 Å². The van der Waals surface area contributed by atoms with Gasteiger partial charge in [0.15, 0.2) is 5.79 Å². The second-order valence-electron chi connectivity index (χ2n) is 4.96. The highest BCUT2D eigenvalue weighted by atomic mass is 16.7. The van der Waals surface area contributed by atoms with Gasteiger partial charge in [0.1, 0.15) is 12.2 Å². The van der Waals surface area contributed by atoms with Crippen molar-refractivity contribution in [3.8, 4) is 0 Å². The average Bonchev–Trinajstić information content (AvgIpc) is 2.28.